The number of amides is 1. The first-order chi connectivity index (χ1) is 16.2. The van der Waals surface area contributed by atoms with Crippen LogP contribution in [0, 0.1) is 0 Å². The second-order valence-corrected chi connectivity index (χ2v) is 7.49. The Morgan fingerprint density at radius 2 is 0.941 bits per heavy atom. The molecule has 2 aromatic heterocycles. The normalized spacial score (nSPS) is 10.6. The number of carbonyl (C=O) groups is 4. The van der Waals surface area contributed by atoms with Crippen LogP contribution in [0.25, 0.3) is 21.8 Å². The number of nitrogens with zero attached hydrogens (tertiary/aromatic N) is 1. The van der Waals surface area contributed by atoms with Crippen molar-refractivity contribution in [3.8, 4) is 0 Å². The molecule has 0 atom stereocenters. The summed E-state index contributed by atoms with van der Waals surface area (Å²) in [5.41, 5.74) is 8.20. The Bertz CT molecular complexity index is 1450. The molecule has 0 radical (unpaired) electrons. The van der Waals surface area contributed by atoms with Gasteiger partial charge in [-0.25, -0.2) is 9.59 Å². The Labute approximate surface area is 192 Å². The molecule has 0 aliphatic carbocycles. The highest BCUT2D eigenvalue weighted by atomic mass is 16.4. The molecule has 8 heteroatoms. The summed E-state index contributed by atoms with van der Waals surface area (Å²) in [4.78, 5) is 44.7. The van der Waals surface area contributed by atoms with Gasteiger partial charge in [-0.05, 0) is 83.6 Å². The lowest BCUT2D eigenvalue weighted by atomic mass is 10.0. The zero-order valence-electron chi connectivity index (χ0n) is 17.6. The number of aromatic nitrogens is 1. The molecular formula is C26H18N2O6. The van der Waals surface area contributed by atoms with Gasteiger partial charge in [0.2, 0.25) is 5.91 Å². The summed E-state index contributed by atoms with van der Waals surface area (Å²) < 4.78 is 1.64. The van der Waals surface area contributed by atoms with E-state index in [1.165, 1.54) is 24.3 Å². The predicted octanol–water partition coefficient (Wildman–Crippen LogP) is 4.10. The summed E-state index contributed by atoms with van der Waals surface area (Å²) in [5.74, 6) is -2.60. The first-order valence-corrected chi connectivity index (χ1v) is 10.1. The standard InChI is InChI=1S/C14H10N2O2.C12H8O4/c15-13(17)9-1-3-10(4-2-9)14(18)16-11-5-6-12(16)8-7-11;13-11(14)9-3-1-7-5-10(12(15)16)4-2-8(7)6-9/h1-8H,(H2,15,17);1-6H,(H,13,14)(H,15,16). The fourth-order valence-corrected chi connectivity index (χ4v) is 3.55. The Morgan fingerprint density at radius 1 is 0.559 bits per heavy atom. The van der Waals surface area contributed by atoms with Gasteiger partial charge in [0, 0.05) is 22.2 Å². The molecule has 4 N–H and O–H groups in total. The van der Waals surface area contributed by atoms with Crippen molar-refractivity contribution in [2.24, 2.45) is 5.73 Å². The Morgan fingerprint density at radius 3 is 1.32 bits per heavy atom. The van der Waals surface area contributed by atoms with Crippen LogP contribution >= 0.6 is 0 Å². The van der Waals surface area contributed by atoms with Crippen molar-refractivity contribution in [2.45, 2.75) is 0 Å². The van der Waals surface area contributed by atoms with Gasteiger partial charge < -0.3 is 15.9 Å². The fraction of sp³-hybridized carbons (Fsp3) is 0. The van der Waals surface area contributed by atoms with Gasteiger partial charge in [-0.1, -0.05) is 12.1 Å². The molecule has 0 spiro atoms. The third-order valence-corrected chi connectivity index (χ3v) is 5.32. The number of aromatic carboxylic acids is 2. The number of hydrogen-bond donors (Lipinski definition) is 3. The molecule has 0 aliphatic heterocycles. The predicted molar refractivity (Wildman–Crippen MR) is 126 cm³/mol. The summed E-state index contributed by atoms with van der Waals surface area (Å²) in [6, 6.07) is 23.1. The van der Waals surface area contributed by atoms with Crippen LogP contribution in [0.3, 0.4) is 0 Å². The average Bonchev–Trinajstić information content (AvgIpc) is 3.44. The Hall–Kier alpha value is -4.98. The molecule has 0 saturated carbocycles. The zero-order chi connectivity index (χ0) is 24.4. The molecule has 2 bridgehead atoms. The molecule has 0 saturated heterocycles. The minimum Gasteiger partial charge on any atom is -0.478 e. The van der Waals surface area contributed by atoms with E-state index in [0.717, 1.165) is 11.0 Å². The average molecular weight is 454 g/mol. The first kappa shape index (κ1) is 22.2. The van der Waals surface area contributed by atoms with Crippen LogP contribution in [0.1, 0.15) is 41.4 Å². The van der Waals surface area contributed by atoms with Gasteiger partial charge >= 0.3 is 11.9 Å². The number of rotatable bonds is 4. The first-order valence-electron chi connectivity index (χ1n) is 10.1. The number of nitrogens with two attached hydrogens (primary N) is 1. The lowest BCUT2D eigenvalue weighted by Crippen LogP contribution is -2.13. The van der Waals surface area contributed by atoms with Gasteiger partial charge in [-0.2, -0.15) is 0 Å². The molecule has 0 fully saturated rings. The van der Waals surface area contributed by atoms with Crippen molar-refractivity contribution in [2.75, 3.05) is 0 Å². The maximum atomic E-state index is 12.3. The third-order valence-electron chi connectivity index (χ3n) is 5.32. The van der Waals surface area contributed by atoms with Gasteiger partial charge in [0.15, 0.2) is 0 Å². The van der Waals surface area contributed by atoms with Crippen LogP contribution in [0.2, 0.25) is 0 Å². The lowest BCUT2D eigenvalue weighted by Gasteiger charge is -2.03. The van der Waals surface area contributed by atoms with E-state index in [-0.39, 0.29) is 17.0 Å². The highest BCUT2D eigenvalue weighted by Gasteiger charge is 2.14. The van der Waals surface area contributed by atoms with Gasteiger partial charge in [0.05, 0.1) is 11.1 Å². The van der Waals surface area contributed by atoms with Gasteiger partial charge in [-0.3, -0.25) is 14.2 Å². The summed E-state index contributed by atoms with van der Waals surface area (Å²) in [6.07, 6.45) is 0. The van der Waals surface area contributed by atoms with Gasteiger partial charge in [0.1, 0.15) is 0 Å². The topological polar surface area (TPSA) is 140 Å². The van der Waals surface area contributed by atoms with Crippen LogP contribution in [-0.2, 0) is 0 Å². The minimum absolute atomic E-state index is 0.106. The van der Waals surface area contributed by atoms with Crippen LogP contribution < -0.4 is 5.73 Å². The van der Waals surface area contributed by atoms with Crippen LogP contribution in [0.5, 0.6) is 0 Å². The quantitative estimate of drug-likeness (QED) is 0.373. The third kappa shape index (κ3) is 4.33. The Balaban J connectivity index is 0.000000162. The number of primary amides is 1. The highest BCUT2D eigenvalue weighted by Crippen LogP contribution is 2.19. The summed E-state index contributed by atoms with van der Waals surface area (Å²) in [5, 5.41) is 19.0. The number of fused-ring (bicyclic) bond motifs is 3. The van der Waals surface area contributed by atoms with E-state index in [1.807, 2.05) is 24.3 Å². The van der Waals surface area contributed by atoms with Crippen molar-refractivity contribution in [3.63, 3.8) is 0 Å². The summed E-state index contributed by atoms with van der Waals surface area (Å²) in [7, 11) is 0. The van der Waals surface area contributed by atoms with Crippen LogP contribution in [-0.4, -0.2) is 38.5 Å². The number of benzene rings is 4. The Kier molecular flexibility index (Phi) is 5.80. The zero-order valence-corrected chi connectivity index (χ0v) is 17.6. The molecular weight excluding hydrogens is 436 g/mol. The second kappa shape index (κ2) is 8.87. The number of carboxylic acid groups (broad SMARTS) is 2. The maximum Gasteiger partial charge on any atom is 0.335 e. The number of carbonyl (C=O) groups excluding carboxylic acids is 2. The molecule has 2 heterocycles. The van der Waals surface area contributed by atoms with Crippen molar-refractivity contribution in [3.05, 3.63) is 107 Å². The highest BCUT2D eigenvalue weighted by molar-refractivity contribution is 6.04. The molecule has 34 heavy (non-hydrogen) atoms. The van der Waals surface area contributed by atoms with E-state index in [2.05, 4.69) is 0 Å². The van der Waals surface area contributed by atoms with Gasteiger partial charge in [0.25, 0.3) is 5.91 Å². The monoisotopic (exact) mass is 454 g/mol. The van der Waals surface area contributed by atoms with Crippen molar-refractivity contribution in [1.82, 2.24) is 4.57 Å². The summed E-state index contributed by atoms with van der Waals surface area (Å²) in [6.45, 7) is 0. The molecule has 0 unspecified atom stereocenters. The SMILES string of the molecule is NC(=O)c1ccc(C(=O)n2c3ccc2cc3)cc1.O=C(O)c1ccc2cc(C(=O)O)ccc2c1. The van der Waals surface area contributed by atoms with E-state index >= 15 is 0 Å². The van der Waals surface area contributed by atoms with E-state index in [0.29, 0.717) is 21.9 Å². The van der Waals surface area contributed by atoms with Gasteiger partial charge in [-0.15, -0.1) is 0 Å². The van der Waals surface area contributed by atoms with Crippen molar-refractivity contribution in [1.29, 1.82) is 0 Å². The fourth-order valence-electron chi connectivity index (χ4n) is 3.55. The van der Waals surface area contributed by atoms with E-state index in [9.17, 15) is 19.2 Å². The molecule has 3 aromatic carbocycles. The van der Waals surface area contributed by atoms with E-state index in [1.54, 1.807) is 41.0 Å². The molecule has 5 aromatic rings. The maximum absolute atomic E-state index is 12.3. The second-order valence-electron chi connectivity index (χ2n) is 7.49. The van der Waals surface area contributed by atoms with E-state index in [4.69, 9.17) is 15.9 Å². The molecule has 8 nitrogen and oxygen atoms in total. The van der Waals surface area contributed by atoms with Crippen LogP contribution in [0.15, 0.2) is 84.9 Å². The molecule has 168 valence electrons. The molecule has 0 aliphatic rings. The van der Waals surface area contributed by atoms with Crippen molar-refractivity contribution >= 4 is 45.6 Å². The number of carboxylic acids is 2. The molecule has 5 rings (SSSR count). The largest absolute Gasteiger partial charge is 0.478 e. The van der Waals surface area contributed by atoms with Crippen LogP contribution in [0.4, 0.5) is 0 Å². The molecule has 1 amide bonds. The van der Waals surface area contributed by atoms with E-state index < -0.39 is 17.8 Å². The lowest BCUT2D eigenvalue weighted by molar-refractivity contribution is 0.0686. The minimum atomic E-state index is -0.996. The summed E-state index contributed by atoms with van der Waals surface area (Å²) >= 11 is 0. The smallest absolute Gasteiger partial charge is 0.335 e. The van der Waals surface area contributed by atoms with Crippen molar-refractivity contribution < 1.29 is 29.4 Å². The number of hydrogen-bond acceptors (Lipinski definition) is 4.